The van der Waals surface area contributed by atoms with Gasteiger partial charge in [0.2, 0.25) is 5.91 Å². The molecule has 24 heavy (non-hydrogen) atoms. The lowest BCUT2D eigenvalue weighted by Crippen LogP contribution is -2.11. The Morgan fingerprint density at radius 1 is 1.04 bits per heavy atom. The van der Waals surface area contributed by atoms with E-state index in [0.29, 0.717) is 12.1 Å². The first kappa shape index (κ1) is 17.5. The van der Waals surface area contributed by atoms with Gasteiger partial charge in [0.05, 0.1) is 11.1 Å². The van der Waals surface area contributed by atoms with Crippen molar-refractivity contribution in [2.24, 2.45) is 5.73 Å². The number of nitrogens with zero attached hydrogens (tertiary/aromatic N) is 3. The summed E-state index contributed by atoms with van der Waals surface area (Å²) < 4.78 is 77.7. The average molecular weight is 350 g/mol. The fraction of sp³-hybridized carbons (Fsp3) is 0.154. The Labute approximate surface area is 130 Å². The smallest absolute Gasteiger partial charge is 0.366 e. The highest BCUT2D eigenvalue weighted by Gasteiger charge is 2.37. The number of primary amides is 1. The highest BCUT2D eigenvalue weighted by atomic mass is 19.4. The summed E-state index contributed by atoms with van der Waals surface area (Å²) in [4.78, 5) is 14.2. The molecule has 0 unspecified atom stereocenters. The lowest BCUT2D eigenvalue weighted by molar-refractivity contribution is -0.143. The van der Waals surface area contributed by atoms with Gasteiger partial charge >= 0.3 is 12.4 Å². The number of amides is 1. The Morgan fingerprint density at radius 3 is 2.04 bits per heavy atom. The number of nitrogens with two attached hydrogens (primary N) is 1. The van der Waals surface area contributed by atoms with Gasteiger partial charge in [0.25, 0.3) is 0 Å². The minimum Gasteiger partial charge on any atom is -0.366 e. The topological polar surface area (TPSA) is 73.8 Å². The quantitative estimate of drug-likeness (QED) is 0.683. The summed E-state index contributed by atoms with van der Waals surface area (Å²) in [6.45, 7) is 0. The second-order valence-corrected chi connectivity index (χ2v) is 4.56. The number of carbonyl (C=O) groups excluding carboxylic acids is 1. The van der Waals surface area contributed by atoms with Crippen molar-refractivity contribution in [3.05, 3.63) is 41.7 Å². The van der Waals surface area contributed by atoms with Crippen molar-refractivity contribution in [1.82, 2.24) is 14.8 Å². The summed E-state index contributed by atoms with van der Waals surface area (Å²) >= 11 is 0. The largest absolute Gasteiger partial charge is 0.416 e. The van der Waals surface area contributed by atoms with Gasteiger partial charge in [0.1, 0.15) is 6.33 Å². The van der Waals surface area contributed by atoms with Crippen LogP contribution in [-0.4, -0.2) is 20.7 Å². The summed E-state index contributed by atoms with van der Waals surface area (Å²) in [6.07, 6.45) is -6.99. The van der Waals surface area contributed by atoms with E-state index < -0.39 is 35.0 Å². The maximum Gasteiger partial charge on any atom is 0.416 e. The zero-order valence-corrected chi connectivity index (χ0v) is 11.6. The van der Waals surface area contributed by atoms with Gasteiger partial charge in [-0.1, -0.05) is 0 Å². The Kier molecular flexibility index (Phi) is 4.36. The number of halogens is 6. The van der Waals surface area contributed by atoms with Gasteiger partial charge in [-0.2, -0.15) is 26.3 Å². The average Bonchev–Trinajstić information content (AvgIpc) is 2.91. The minimum absolute atomic E-state index is 0.00743. The predicted molar refractivity (Wildman–Crippen MR) is 70.0 cm³/mol. The fourth-order valence-corrected chi connectivity index (χ4v) is 1.71. The van der Waals surface area contributed by atoms with Crippen molar-refractivity contribution in [1.29, 1.82) is 0 Å². The maximum atomic E-state index is 12.8. The van der Waals surface area contributed by atoms with Crippen LogP contribution in [0.15, 0.2) is 30.6 Å². The Morgan fingerprint density at radius 2 is 1.58 bits per heavy atom. The molecular formula is C13H8F6N4O. The summed E-state index contributed by atoms with van der Waals surface area (Å²) in [6, 6.07) is 1.02. The van der Waals surface area contributed by atoms with E-state index in [0.717, 1.165) is 23.3 Å². The van der Waals surface area contributed by atoms with Gasteiger partial charge in [-0.3, -0.25) is 4.79 Å². The van der Waals surface area contributed by atoms with Crippen LogP contribution in [0.4, 0.5) is 26.3 Å². The molecule has 0 saturated heterocycles. The van der Waals surface area contributed by atoms with Gasteiger partial charge in [-0.25, -0.2) is 9.67 Å². The molecule has 1 amide bonds. The van der Waals surface area contributed by atoms with Crippen LogP contribution in [0.5, 0.6) is 0 Å². The normalized spacial score (nSPS) is 12.8. The van der Waals surface area contributed by atoms with Crippen LogP contribution < -0.4 is 5.73 Å². The summed E-state index contributed by atoms with van der Waals surface area (Å²) in [5.41, 5.74) is 1.44. The van der Waals surface area contributed by atoms with Gasteiger partial charge in [-0.15, -0.1) is 5.10 Å². The monoisotopic (exact) mass is 350 g/mol. The van der Waals surface area contributed by atoms with Crippen LogP contribution in [0, 0.1) is 0 Å². The number of aromatic nitrogens is 3. The van der Waals surface area contributed by atoms with Crippen molar-refractivity contribution in [2.75, 3.05) is 0 Å². The van der Waals surface area contributed by atoms with Gasteiger partial charge in [0.15, 0.2) is 5.82 Å². The lowest BCUT2D eigenvalue weighted by Gasteiger charge is -2.13. The van der Waals surface area contributed by atoms with E-state index in [9.17, 15) is 31.1 Å². The second-order valence-electron chi connectivity index (χ2n) is 4.56. The molecule has 0 bridgehead atoms. The van der Waals surface area contributed by atoms with E-state index in [2.05, 4.69) is 10.1 Å². The van der Waals surface area contributed by atoms with E-state index in [-0.39, 0.29) is 11.9 Å². The van der Waals surface area contributed by atoms with E-state index in [1.807, 2.05) is 0 Å². The molecule has 0 atom stereocenters. The summed E-state index contributed by atoms with van der Waals surface area (Å²) in [5.74, 6) is -1.19. The molecule has 2 rings (SSSR count). The molecule has 0 fully saturated rings. The van der Waals surface area contributed by atoms with Crippen molar-refractivity contribution >= 4 is 12.1 Å². The second kappa shape index (κ2) is 5.98. The van der Waals surface area contributed by atoms with E-state index in [1.165, 1.54) is 0 Å². The first-order valence-corrected chi connectivity index (χ1v) is 6.15. The zero-order chi connectivity index (χ0) is 18.1. The van der Waals surface area contributed by atoms with Crippen molar-refractivity contribution < 1.29 is 31.1 Å². The summed E-state index contributed by atoms with van der Waals surface area (Å²) in [5, 5.41) is 3.68. The number of benzene rings is 1. The van der Waals surface area contributed by atoms with Gasteiger partial charge < -0.3 is 5.73 Å². The van der Waals surface area contributed by atoms with Crippen molar-refractivity contribution in [3.8, 4) is 11.4 Å². The molecule has 2 N–H and O–H groups in total. The molecule has 11 heteroatoms. The molecule has 1 heterocycles. The number of hydrogen-bond donors (Lipinski definition) is 1. The van der Waals surface area contributed by atoms with Crippen molar-refractivity contribution in [3.63, 3.8) is 0 Å². The molecule has 128 valence electrons. The number of alkyl halides is 6. The van der Waals surface area contributed by atoms with Crippen LogP contribution in [0.25, 0.3) is 17.6 Å². The highest BCUT2D eigenvalue weighted by Crippen LogP contribution is 2.37. The lowest BCUT2D eigenvalue weighted by atomic mass is 10.0. The predicted octanol–water partition coefficient (Wildman–Crippen LogP) is 2.94. The van der Waals surface area contributed by atoms with E-state index in [1.54, 1.807) is 0 Å². The fourth-order valence-electron chi connectivity index (χ4n) is 1.71. The molecule has 0 aliphatic rings. The van der Waals surface area contributed by atoms with Crippen LogP contribution in [0.3, 0.4) is 0 Å². The molecule has 0 aliphatic carbocycles. The standard InChI is InChI=1S/C13H8F6N4O/c14-12(15,16)8-3-7(4-9(5-8)13(17,18)19)11-21-6-23(22-11)2-1-10(20)24/h1-6H,(H2,20,24). The molecule has 2 aromatic rings. The van der Waals surface area contributed by atoms with Crippen LogP contribution in [0.1, 0.15) is 11.1 Å². The van der Waals surface area contributed by atoms with Crippen LogP contribution in [-0.2, 0) is 17.1 Å². The highest BCUT2D eigenvalue weighted by molar-refractivity contribution is 5.88. The third-order valence-electron chi connectivity index (χ3n) is 2.75. The molecule has 5 nitrogen and oxygen atoms in total. The molecule has 0 saturated carbocycles. The Hall–Kier alpha value is -2.85. The van der Waals surface area contributed by atoms with Gasteiger partial charge in [-0.05, 0) is 18.2 Å². The van der Waals surface area contributed by atoms with E-state index in [4.69, 9.17) is 5.73 Å². The Bertz CT molecular complexity index is 758. The SMILES string of the molecule is NC(=O)C=Cn1cnc(-c2cc(C(F)(F)F)cc(C(F)(F)F)c2)n1. The first-order valence-electron chi connectivity index (χ1n) is 6.15. The third kappa shape index (κ3) is 4.12. The first-order chi connectivity index (χ1) is 11.0. The molecule has 1 aromatic heterocycles. The van der Waals surface area contributed by atoms with Crippen LogP contribution >= 0.6 is 0 Å². The van der Waals surface area contributed by atoms with Gasteiger partial charge in [0, 0.05) is 17.8 Å². The number of rotatable bonds is 3. The summed E-state index contributed by atoms with van der Waals surface area (Å²) in [7, 11) is 0. The third-order valence-corrected chi connectivity index (χ3v) is 2.75. The molecule has 0 spiro atoms. The van der Waals surface area contributed by atoms with Crippen molar-refractivity contribution in [2.45, 2.75) is 12.4 Å². The Balaban J connectivity index is 2.52. The van der Waals surface area contributed by atoms with E-state index >= 15 is 0 Å². The minimum atomic E-state index is -4.97. The number of hydrogen-bond acceptors (Lipinski definition) is 3. The zero-order valence-electron chi connectivity index (χ0n) is 11.6. The van der Waals surface area contributed by atoms with Crippen LogP contribution in [0.2, 0.25) is 0 Å². The molecule has 0 radical (unpaired) electrons. The molecule has 1 aromatic carbocycles. The molecular weight excluding hydrogens is 342 g/mol. The molecule has 0 aliphatic heterocycles. The maximum absolute atomic E-state index is 12.8. The number of carbonyl (C=O) groups is 1.